The molecule has 5 rings (SSSR count). The maximum absolute atomic E-state index is 10.6. The van der Waals surface area contributed by atoms with Crippen molar-refractivity contribution in [2.24, 2.45) is 0 Å². The number of phenolic OH excluding ortho intramolecular Hbond substituents is 1. The molecule has 146 valence electrons. The average molecular weight is 392 g/mol. The Morgan fingerprint density at radius 3 is 1.53 bits per heavy atom. The van der Waals surface area contributed by atoms with Gasteiger partial charge >= 0.3 is 0 Å². The first-order valence-corrected chi connectivity index (χ1v) is 9.79. The molecule has 0 aliphatic rings. The van der Waals surface area contributed by atoms with Crippen LogP contribution in [0.5, 0.6) is 5.75 Å². The Morgan fingerprint density at radius 1 is 0.567 bits per heavy atom. The minimum absolute atomic E-state index is 0.205. The van der Waals surface area contributed by atoms with Crippen LogP contribution in [0.2, 0.25) is 0 Å². The van der Waals surface area contributed by atoms with Gasteiger partial charge in [-0.3, -0.25) is 0 Å². The first kappa shape index (κ1) is 17.9. The lowest BCUT2D eigenvalue weighted by molar-refractivity contribution is 0.392. The molecule has 0 fully saturated rings. The quantitative estimate of drug-likeness (QED) is 0.446. The smallest absolute Gasteiger partial charge is 0.172 e. The summed E-state index contributed by atoms with van der Waals surface area (Å²) in [6.45, 7) is 0. The minimum Gasteiger partial charge on any atom is -0.508 e. The molecule has 0 amide bonds. The molecule has 0 spiro atoms. The van der Waals surface area contributed by atoms with Gasteiger partial charge in [-0.25, -0.2) is 9.36 Å². The number of benzene rings is 3. The highest BCUT2D eigenvalue weighted by Crippen LogP contribution is 2.30. The lowest BCUT2D eigenvalue weighted by atomic mass is 10.1. The van der Waals surface area contributed by atoms with E-state index >= 15 is 0 Å². The zero-order valence-corrected chi connectivity index (χ0v) is 16.2. The molecular formula is C25H20N4O. The highest BCUT2D eigenvalue weighted by atomic mass is 16.3. The summed E-state index contributed by atoms with van der Waals surface area (Å²) >= 11 is 0. The van der Waals surface area contributed by atoms with E-state index in [1.807, 2.05) is 113 Å². The van der Waals surface area contributed by atoms with Gasteiger partial charge in [0.15, 0.2) is 6.17 Å². The molecular weight excluding hydrogens is 372 g/mol. The van der Waals surface area contributed by atoms with Gasteiger partial charge in [0.2, 0.25) is 0 Å². The molecule has 3 aromatic carbocycles. The Morgan fingerprint density at radius 2 is 1.03 bits per heavy atom. The van der Waals surface area contributed by atoms with Gasteiger partial charge in [-0.15, -0.1) is 0 Å². The fourth-order valence-electron chi connectivity index (χ4n) is 3.59. The summed E-state index contributed by atoms with van der Waals surface area (Å²) in [6, 6.07) is 31.3. The van der Waals surface area contributed by atoms with Crippen molar-refractivity contribution in [2.75, 3.05) is 0 Å². The zero-order valence-electron chi connectivity index (χ0n) is 16.2. The predicted octanol–water partition coefficient (Wildman–Crippen LogP) is 5.21. The van der Waals surface area contributed by atoms with Crippen molar-refractivity contribution >= 4 is 0 Å². The van der Waals surface area contributed by atoms with Crippen molar-refractivity contribution in [3.63, 3.8) is 0 Å². The van der Waals surface area contributed by atoms with Crippen molar-refractivity contribution in [3.8, 4) is 28.3 Å². The molecule has 5 heteroatoms. The Labute approximate surface area is 174 Å². The summed E-state index contributed by atoms with van der Waals surface area (Å²) in [5.74, 6) is 0.205. The van der Waals surface area contributed by atoms with E-state index in [1.54, 1.807) is 6.07 Å². The van der Waals surface area contributed by atoms with E-state index in [4.69, 9.17) is 10.2 Å². The van der Waals surface area contributed by atoms with Gasteiger partial charge < -0.3 is 5.11 Å². The van der Waals surface area contributed by atoms with E-state index in [0.29, 0.717) is 0 Å². The maximum atomic E-state index is 10.6. The molecule has 0 aliphatic heterocycles. The largest absolute Gasteiger partial charge is 0.508 e. The first-order valence-electron chi connectivity index (χ1n) is 9.79. The van der Waals surface area contributed by atoms with Crippen LogP contribution < -0.4 is 0 Å². The van der Waals surface area contributed by atoms with E-state index in [2.05, 4.69) is 0 Å². The Hall–Kier alpha value is -4.12. The second-order valence-corrected chi connectivity index (χ2v) is 7.03. The van der Waals surface area contributed by atoms with Crippen LogP contribution in [-0.2, 0) is 0 Å². The lowest BCUT2D eigenvalue weighted by Gasteiger charge is -2.20. The van der Waals surface area contributed by atoms with Crippen molar-refractivity contribution in [1.82, 2.24) is 19.6 Å². The van der Waals surface area contributed by atoms with Crippen LogP contribution in [0.25, 0.3) is 22.5 Å². The van der Waals surface area contributed by atoms with Gasteiger partial charge in [-0.1, -0.05) is 78.9 Å². The Bertz CT molecular complexity index is 1180. The van der Waals surface area contributed by atoms with E-state index in [0.717, 1.165) is 28.1 Å². The average Bonchev–Trinajstić information content (AvgIpc) is 3.47. The number of aromatic nitrogens is 4. The first-order chi connectivity index (χ1) is 14.8. The molecule has 0 atom stereocenters. The highest BCUT2D eigenvalue weighted by Gasteiger charge is 2.22. The summed E-state index contributed by atoms with van der Waals surface area (Å²) in [6.07, 6.45) is 3.42. The number of phenols is 1. The van der Waals surface area contributed by atoms with Crippen molar-refractivity contribution < 1.29 is 5.11 Å². The molecule has 2 aromatic heterocycles. The molecule has 0 saturated carbocycles. The number of hydrogen-bond acceptors (Lipinski definition) is 3. The van der Waals surface area contributed by atoms with Gasteiger partial charge in [0.25, 0.3) is 0 Å². The van der Waals surface area contributed by atoms with E-state index in [1.165, 1.54) is 0 Å². The Kier molecular flexibility index (Phi) is 4.62. The van der Waals surface area contributed by atoms with E-state index < -0.39 is 6.17 Å². The second kappa shape index (κ2) is 7.72. The normalized spacial score (nSPS) is 11.1. The monoisotopic (exact) mass is 392 g/mol. The topological polar surface area (TPSA) is 55.9 Å². The molecule has 0 radical (unpaired) electrons. The predicted molar refractivity (Wildman–Crippen MR) is 117 cm³/mol. The molecule has 30 heavy (non-hydrogen) atoms. The molecule has 2 heterocycles. The number of hydrogen-bond donors (Lipinski definition) is 1. The van der Waals surface area contributed by atoms with Gasteiger partial charge in [-0.05, 0) is 18.2 Å². The molecule has 5 nitrogen and oxygen atoms in total. The van der Waals surface area contributed by atoms with Crippen molar-refractivity contribution in [3.05, 3.63) is 115 Å². The molecule has 0 aliphatic carbocycles. The van der Waals surface area contributed by atoms with Gasteiger partial charge in [0, 0.05) is 29.1 Å². The van der Waals surface area contributed by atoms with E-state index in [-0.39, 0.29) is 5.75 Å². The number of rotatable bonds is 5. The fraction of sp³-hybridized carbons (Fsp3) is 0.0400. The van der Waals surface area contributed by atoms with Gasteiger partial charge in [-0.2, -0.15) is 10.2 Å². The number of aromatic hydroxyl groups is 1. The van der Waals surface area contributed by atoms with Gasteiger partial charge in [0.05, 0.1) is 11.4 Å². The van der Waals surface area contributed by atoms with Crippen LogP contribution in [0.15, 0.2) is 109 Å². The molecule has 0 unspecified atom stereocenters. The minimum atomic E-state index is -0.416. The third-order valence-electron chi connectivity index (χ3n) is 5.07. The van der Waals surface area contributed by atoms with Crippen LogP contribution in [0.1, 0.15) is 11.7 Å². The van der Waals surface area contributed by atoms with Crippen LogP contribution in [-0.4, -0.2) is 24.7 Å². The summed E-state index contributed by atoms with van der Waals surface area (Å²) < 4.78 is 3.66. The van der Waals surface area contributed by atoms with Crippen LogP contribution >= 0.6 is 0 Å². The lowest BCUT2D eigenvalue weighted by Crippen LogP contribution is -2.21. The third-order valence-corrected chi connectivity index (χ3v) is 5.07. The third kappa shape index (κ3) is 3.37. The number of para-hydroxylation sites is 1. The summed E-state index contributed by atoms with van der Waals surface area (Å²) in [7, 11) is 0. The van der Waals surface area contributed by atoms with E-state index in [9.17, 15) is 5.11 Å². The molecule has 0 saturated heterocycles. The molecule has 1 N–H and O–H groups in total. The second-order valence-electron chi connectivity index (χ2n) is 7.03. The zero-order chi connectivity index (χ0) is 20.3. The molecule has 0 bridgehead atoms. The van der Waals surface area contributed by atoms with Crippen LogP contribution in [0, 0.1) is 0 Å². The summed E-state index contributed by atoms with van der Waals surface area (Å²) in [5.41, 5.74) is 4.54. The summed E-state index contributed by atoms with van der Waals surface area (Å²) in [5, 5.41) is 20.2. The maximum Gasteiger partial charge on any atom is 0.172 e. The van der Waals surface area contributed by atoms with Gasteiger partial charge in [0.1, 0.15) is 5.75 Å². The van der Waals surface area contributed by atoms with Crippen LogP contribution in [0.4, 0.5) is 0 Å². The van der Waals surface area contributed by atoms with Crippen LogP contribution in [0.3, 0.4) is 0 Å². The Balaban J connectivity index is 1.60. The summed E-state index contributed by atoms with van der Waals surface area (Å²) in [4.78, 5) is 0. The fourth-order valence-corrected chi connectivity index (χ4v) is 3.59. The number of nitrogens with zero attached hydrogens (tertiary/aromatic N) is 4. The molecule has 5 aromatic rings. The highest BCUT2D eigenvalue weighted by molar-refractivity contribution is 5.59. The van der Waals surface area contributed by atoms with Crippen molar-refractivity contribution in [1.29, 1.82) is 0 Å². The SMILES string of the molecule is Oc1ccccc1C(n1ccc(-c2ccccc2)n1)n1ccc(-c2ccccc2)n1. The standard InChI is InChI=1S/C25H20N4O/c30-24-14-8-7-13-21(24)25(28-17-15-22(26-28)19-9-3-1-4-10-19)29-18-16-23(27-29)20-11-5-2-6-12-20/h1-18,25,30H. The van der Waals surface area contributed by atoms with Crippen molar-refractivity contribution in [2.45, 2.75) is 6.17 Å².